The van der Waals surface area contributed by atoms with Crippen LogP contribution in [-0.4, -0.2) is 12.1 Å². The topological polar surface area (TPSA) is 29.5 Å². The monoisotopic (exact) mass is 294 g/mol. The number of fused-ring (bicyclic) bond motifs is 1. The number of benzene rings is 1. The third-order valence-corrected chi connectivity index (χ3v) is 3.37. The molecule has 0 atom stereocenters. The van der Waals surface area contributed by atoms with Gasteiger partial charge in [0.2, 0.25) is 0 Å². The van der Waals surface area contributed by atoms with Gasteiger partial charge in [0.1, 0.15) is 0 Å². The van der Waals surface area contributed by atoms with Crippen LogP contribution in [0.4, 0.5) is 0 Å². The molecule has 1 aromatic carbocycles. The Balaban J connectivity index is 2.56. The van der Waals surface area contributed by atoms with Gasteiger partial charge in [0.25, 0.3) is 0 Å². The molecule has 1 N–H and O–H groups in total. The first-order valence-corrected chi connectivity index (χ1v) is 4.91. The lowest BCUT2D eigenvalue weighted by Crippen LogP contribution is -2.28. The Kier molecular flexibility index (Phi) is 2.33. The minimum absolute atomic E-state index is 0.452. The molecule has 1 heterocycles. The number of rotatable bonds is 0. The van der Waals surface area contributed by atoms with Crippen LogP contribution in [0.15, 0.2) is 12.1 Å². The summed E-state index contributed by atoms with van der Waals surface area (Å²) in [6.45, 7) is 0.452. The molecule has 0 saturated carbocycles. The predicted octanol–water partition coefficient (Wildman–Crippen LogP) is 1.16. The molecule has 5 heteroatoms. The summed E-state index contributed by atoms with van der Waals surface area (Å²) in [4.78, 5) is 0. The summed E-state index contributed by atoms with van der Waals surface area (Å²) in [7, 11) is -0.772. The highest BCUT2D eigenvalue weighted by Gasteiger charge is 2.27. The fraction of sp³-hybridized carbons (Fsp3) is 0.143. The van der Waals surface area contributed by atoms with Crippen LogP contribution in [0.25, 0.3) is 0 Å². The molecule has 62 valence electrons. The molecule has 1 aliphatic heterocycles. The van der Waals surface area contributed by atoms with Crippen molar-refractivity contribution in [2.45, 2.75) is 6.61 Å². The van der Waals surface area contributed by atoms with E-state index >= 15 is 0 Å². The molecule has 0 bridgehead atoms. The lowest BCUT2D eigenvalue weighted by molar-refractivity contribution is 0.275. The zero-order chi connectivity index (χ0) is 8.72. The van der Waals surface area contributed by atoms with Gasteiger partial charge in [-0.2, -0.15) is 0 Å². The Morgan fingerprint density at radius 1 is 1.58 bits per heavy atom. The van der Waals surface area contributed by atoms with Crippen molar-refractivity contribution in [2.75, 3.05) is 0 Å². The SMILES string of the molecule is OB1OCc2cc(Cl)c(I)cc21. The van der Waals surface area contributed by atoms with E-state index < -0.39 is 7.12 Å². The third-order valence-electron chi connectivity index (χ3n) is 1.84. The summed E-state index contributed by atoms with van der Waals surface area (Å²) < 4.78 is 5.97. The van der Waals surface area contributed by atoms with Crippen LogP contribution in [0.3, 0.4) is 0 Å². The van der Waals surface area contributed by atoms with E-state index in [2.05, 4.69) is 22.6 Å². The van der Waals surface area contributed by atoms with Gasteiger partial charge < -0.3 is 9.68 Å². The van der Waals surface area contributed by atoms with Crippen molar-refractivity contribution in [1.82, 2.24) is 0 Å². The predicted molar refractivity (Wildman–Crippen MR) is 56.6 cm³/mol. The Labute approximate surface area is 89.2 Å². The van der Waals surface area contributed by atoms with E-state index in [4.69, 9.17) is 16.3 Å². The lowest BCUT2D eigenvalue weighted by atomic mass is 9.80. The largest absolute Gasteiger partial charge is 0.491 e. The molecule has 1 aromatic rings. The third kappa shape index (κ3) is 1.37. The van der Waals surface area contributed by atoms with Crippen molar-refractivity contribution in [2.24, 2.45) is 0 Å². The molecule has 0 aliphatic carbocycles. The summed E-state index contributed by atoms with van der Waals surface area (Å²) in [5.74, 6) is 0. The second kappa shape index (κ2) is 3.18. The van der Waals surface area contributed by atoms with Gasteiger partial charge in [-0.1, -0.05) is 11.6 Å². The van der Waals surface area contributed by atoms with E-state index in [-0.39, 0.29) is 0 Å². The van der Waals surface area contributed by atoms with Crippen molar-refractivity contribution >= 4 is 46.8 Å². The highest BCUT2D eigenvalue weighted by Crippen LogP contribution is 2.21. The van der Waals surface area contributed by atoms with E-state index in [1.54, 1.807) is 0 Å². The Bertz CT molecular complexity index is 331. The smallest absolute Gasteiger partial charge is 0.423 e. The first kappa shape index (κ1) is 8.81. The Morgan fingerprint density at radius 2 is 2.33 bits per heavy atom. The molecule has 0 unspecified atom stereocenters. The molecule has 2 rings (SSSR count). The fourth-order valence-corrected chi connectivity index (χ4v) is 1.89. The van der Waals surface area contributed by atoms with E-state index in [0.29, 0.717) is 11.6 Å². The molecular weight excluding hydrogens is 289 g/mol. The van der Waals surface area contributed by atoms with E-state index in [0.717, 1.165) is 14.6 Å². The minimum atomic E-state index is -0.772. The molecule has 2 nitrogen and oxygen atoms in total. The normalized spacial score (nSPS) is 15.1. The van der Waals surface area contributed by atoms with Gasteiger partial charge in [-0.15, -0.1) is 0 Å². The molecular formula is C7H5BClIO2. The summed E-state index contributed by atoms with van der Waals surface area (Å²) in [6.07, 6.45) is 0. The highest BCUT2D eigenvalue weighted by atomic mass is 127. The average Bonchev–Trinajstić information content (AvgIpc) is 2.35. The first-order valence-electron chi connectivity index (χ1n) is 3.46. The van der Waals surface area contributed by atoms with Crippen molar-refractivity contribution < 1.29 is 9.68 Å². The molecule has 0 amide bonds. The maximum absolute atomic E-state index is 9.33. The van der Waals surface area contributed by atoms with Gasteiger partial charge in [-0.3, -0.25) is 0 Å². The zero-order valence-electron chi connectivity index (χ0n) is 6.05. The van der Waals surface area contributed by atoms with Crippen LogP contribution in [0.2, 0.25) is 5.02 Å². The zero-order valence-corrected chi connectivity index (χ0v) is 8.96. The second-order valence-corrected chi connectivity index (χ2v) is 4.20. The van der Waals surface area contributed by atoms with Crippen molar-refractivity contribution in [3.63, 3.8) is 0 Å². The van der Waals surface area contributed by atoms with Crippen LogP contribution in [0, 0.1) is 3.57 Å². The lowest BCUT2D eigenvalue weighted by Gasteiger charge is -2.00. The van der Waals surface area contributed by atoms with Crippen LogP contribution in [0.5, 0.6) is 0 Å². The second-order valence-electron chi connectivity index (χ2n) is 2.63. The molecule has 0 fully saturated rings. The van der Waals surface area contributed by atoms with Crippen molar-refractivity contribution in [3.05, 3.63) is 26.3 Å². The number of hydrogen-bond acceptors (Lipinski definition) is 2. The first-order chi connectivity index (χ1) is 5.68. The van der Waals surface area contributed by atoms with Gasteiger partial charge in [0, 0.05) is 3.57 Å². The van der Waals surface area contributed by atoms with Crippen LogP contribution in [0.1, 0.15) is 5.56 Å². The minimum Gasteiger partial charge on any atom is -0.423 e. The standard InChI is InChI=1S/C7H5BClIO2/c9-6-1-4-3-12-8(11)5(4)2-7(6)10/h1-2,11H,3H2. The molecule has 12 heavy (non-hydrogen) atoms. The maximum Gasteiger partial charge on any atom is 0.491 e. The number of halogens is 2. The summed E-state index contributed by atoms with van der Waals surface area (Å²) in [5, 5.41) is 10.0. The van der Waals surface area contributed by atoms with E-state index in [1.165, 1.54) is 0 Å². The van der Waals surface area contributed by atoms with Gasteiger partial charge in [0.15, 0.2) is 0 Å². The fourth-order valence-electron chi connectivity index (χ4n) is 1.22. The van der Waals surface area contributed by atoms with E-state index in [9.17, 15) is 5.02 Å². The van der Waals surface area contributed by atoms with Crippen LogP contribution >= 0.6 is 34.2 Å². The summed E-state index contributed by atoms with van der Waals surface area (Å²) >= 11 is 8.02. The Morgan fingerprint density at radius 3 is 3.08 bits per heavy atom. The summed E-state index contributed by atoms with van der Waals surface area (Å²) in [6, 6.07) is 3.70. The molecule has 0 spiro atoms. The van der Waals surface area contributed by atoms with Gasteiger partial charge in [-0.25, -0.2) is 0 Å². The van der Waals surface area contributed by atoms with Crippen LogP contribution < -0.4 is 5.46 Å². The average molecular weight is 294 g/mol. The molecule has 0 aromatic heterocycles. The quantitative estimate of drug-likeness (QED) is 0.575. The highest BCUT2D eigenvalue weighted by molar-refractivity contribution is 14.1. The molecule has 0 saturated heterocycles. The van der Waals surface area contributed by atoms with Gasteiger partial charge in [-0.05, 0) is 45.7 Å². The Hall–Kier alpha value is 0.225. The van der Waals surface area contributed by atoms with E-state index in [1.807, 2.05) is 12.1 Å². The maximum atomic E-state index is 9.33. The van der Waals surface area contributed by atoms with Crippen LogP contribution in [-0.2, 0) is 11.3 Å². The molecule has 0 radical (unpaired) electrons. The van der Waals surface area contributed by atoms with Crippen molar-refractivity contribution in [1.29, 1.82) is 0 Å². The summed E-state index contributed by atoms with van der Waals surface area (Å²) in [5.41, 5.74) is 1.82. The van der Waals surface area contributed by atoms with Gasteiger partial charge in [0.05, 0.1) is 11.6 Å². The molecule has 1 aliphatic rings. The number of hydrogen-bond donors (Lipinski definition) is 1. The van der Waals surface area contributed by atoms with Crippen molar-refractivity contribution in [3.8, 4) is 0 Å². The van der Waals surface area contributed by atoms with Gasteiger partial charge >= 0.3 is 7.12 Å².